The van der Waals surface area contributed by atoms with E-state index < -0.39 is 4.92 Å². The highest BCUT2D eigenvalue weighted by molar-refractivity contribution is 8.13. The molecule has 0 saturated heterocycles. The predicted molar refractivity (Wildman–Crippen MR) is 74.9 cm³/mol. The molecule has 2 aromatic heterocycles. The summed E-state index contributed by atoms with van der Waals surface area (Å²) in [5.74, 6) is 0.572. The average Bonchev–Trinajstić information content (AvgIpc) is 2.77. The van der Waals surface area contributed by atoms with Crippen LogP contribution in [0, 0.1) is 10.1 Å². The summed E-state index contributed by atoms with van der Waals surface area (Å²) >= 11 is 1.20. The normalized spacial score (nSPS) is 11.2. The molecule has 0 amide bonds. The van der Waals surface area contributed by atoms with Crippen LogP contribution in [0.2, 0.25) is 0 Å². The van der Waals surface area contributed by atoms with Crippen LogP contribution in [0.4, 0.5) is 5.69 Å². The molecule has 2 heterocycles. The lowest BCUT2D eigenvalue weighted by Gasteiger charge is -1.94. The van der Waals surface area contributed by atoms with Crippen molar-refractivity contribution in [3.05, 3.63) is 40.2 Å². The lowest BCUT2D eigenvalue weighted by molar-refractivity contribution is -0.383. The number of pyridine rings is 1. The van der Waals surface area contributed by atoms with E-state index in [1.165, 1.54) is 24.9 Å². The van der Waals surface area contributed by atoms with Crippen LogP contribution >= 0.6 is 11.8 Å². The summed E-state index contributed by atoms with van der Waals surface area (Å²) in [7, 11) is 0. The van der Waals surface area contributed by atoms with Crippen molar-refractivity contribution in [2.24, 2.45) is 0 Å². The Hall–Kier alpha value is -2.15. The summed E-state index contributed by atoms with van der Waals surface area (Å²) in [6.45, 7) is 1.51. The molecule has 19 heavy (non-hydrogen) atoms. The van der Waals surface area contributed by atoms with Crippen molar-refractivity contribution in [2.45, 2.75) is 6.92 Å². The quantitative estimate of drug-likeness (QED) is 0.685. The van der Waals surface area contributed by atoms with Gasteiger partial charge in [0.1, 0.15) is 5.65 Å². The van der Waals surface area contributed by atoms with Crippen LogP contribution in [-0.2, 0) is 4.79 Å². The minimum atomic E-state index is -0.445. The summed E-state index contributed by atoms with van der Waals surface area (Å²) in [6.07, 6.45) is 6.57. The van der Waals surface area contributed by atoms with E-state index in [1.807, 2.05) is 6.08 Å². The van der Waals surface area contributed by atoms with Gasteiger partial charge in [-0.2, -0.15) is 0 Å². The number of H-pyrrole nitrogens is 1. The van der Waals surface area contributed by atoms with Crippen LogP contribution in [-0.4, -0.2) is 25.8 Å². The van der Waals surface area contributed by atoms with Crippen molar-refractivity contribution in [3.63, 3.8) is 0 Å². The molecule has 0 aliphatic carbocycles. The fourth-order valence-corrected chi connectivity index (χ4v) is 2.02. The van der Waals surface area contributed by atoms with E-state index in [2.05, 4.69) is 9.97 Å². The monoisotopic (exact) mass is 277 g/mol. The van der Waals surface area contributed by atoms with Crippen LogP contribution in [0.15, 0.2) is 24.5 Å². The van der Waals surface area contributed by atoms with E-state index in [-0.39, 0.29) is 10.8 Å². The molecular formula is C12H11N3O3S. The summed E-state index contributed by atoms with van der Waals surface area (Å²) in [5, 5.41) is 11.4. The van der Waals surface area contributed by atoms with Gasteiger partial charge in [0.25, 0.3) is 5.69 Å². The topological polar surface area (TPSA) is 88.9 Å². The maximum atomic E-state index is 10.8. The number of aromatic nitrogens is 2. The molecule has 0 aromatic carbocycles. The summed E-state index contributed by atoms with van der Waals surface area (Å²) in [6, 6.07) is 1.70. The zero-order valence-corrected chi connectivity index (χ0v) is 10.9. The van der Waals surface area contributed by atoms with Crippen LogP contribution in [0.1, 0.15) is 12.5 Å². The minimum absolute atomic E-state index is 0.0101. The van der Waals surface area contributed by atoms with Crippen LogP contribution in [0.5, 0.6) is 0 Å². The first kappa shape index (κ1) is 13.3. The molecule has 6 nitrogen and oxygen atoms in total. The highest BCUT2D eigenvalue weighted by Crippen LogP contribution is 2.24. The van der Waals surface area contributed by atoms with E-state index >= 15 is 0 Å². The molecule has 0 atom stereocenters. The number of thioether (sulfide) groups is 1. The molecule has 98 valence electrons. The van der Waals surface area contributed by atoms with Gasteiger partial charge in [0, 0.05) is 18.9 Å². The number of carbonyl (C=O) groups excluding carboxylic acids is 1. The van der Waals surface area contributed by atoms with Gasteiger partial charge < -0.3 is 4.98 Å². The van der Waals surface area contributed by atoms with Gasteiger partial charge >= 0.3 is 0 Å². The second kappa shape index (κ2) is 5.66. The number of nitrogens with one attached hydrogen (secondary N) is 1. The second-order valence-electron chi connectivity index (χ2n) is 3.80. The number of fused-ring (bicyclic) bond motifs is 1. The molecule has 0 aliphatic heterocycles. The Kier molecular flexibility index (Phi) is 3.96. The summed E-state index contributed by atoms with van der Waals surface area (Å²) < 4.78 is 0. The van der Waals surface area contributed by atoms with Gasteiger partial charge in [0.15, 0.2) is 5.12 Å². The van der Waals surface area contributed by atoms with E-state index in [1.54, 1.807) is 18.3 Å². The van der Waals surface area contributed by atoms with Gasteiger partial charge in [-0.1, -0.05) is 23.9 Å². The fraction of sp³-hybridized carbons (Fsp3) is 0.167. The lowest BCUT2D eigenvalue weighted by Crippen LogP contribution is -1.86. The highest BCUT2D eigenvalue weighted by atomic mass is 32.2. The largest absolute Gasteiger partial charge is 0.340 e. The maximum absolute atomic E-state index is 10.8. The van der Waals surface area contributed by atoms with Crippen LogP contribution < -0.4 is 0 Å². The molecule has 0 bridgehead atoms. The van der Waals surface area contributed by atoms with Gasteiger partial charge in [-0.3, -0.25) is 14.9 Å². The van der Waals surface area contributed by atoms with Gasteiger partial charge in [0.2, 0.25) is 0 Å². The molecule has 2 aromatic rings. The highest BCUT2D eigenvalue weighted by Gasteiger charge is 2.14. The minimum Gasteiger partial charge on any atom is -0.340 e. The van der Waals surface area contributed by atoms with Crippen molar-refractivity contribution >= 4 is 39.7 Å². The van der Waals surface area contributed by atoms with E-state index in [0.717, 1.165) is 5.56 Å². The van der Waals surface area contributed by atoms with Gasteiger partial charge in [0.05, 0.1) is 16.5 Å². The molecule has 0 radical (unpaired) electrons. The third-order valence-corrected chi connectivity index (χ3v) is 3.19. The number of hydrogen-bond acceptors (Lipinski definition) is 5. The fourth-order valence-electron chi connectivity index (χ4n) is 1.60. The Morgan fingerprint density at radius 3 is 3.11 bits per heavy atom. The Morgan fingerprint density at radius 1 is 1.63 bits per heavy atom. The molecule has 0 unspecified atom stereocenters. The zero-order valence-electron chi connectivity index (χ0n) is 10.1. The Morgan fingerprint density at radius 2 is 2.42 bits per heavy atom. The second-order valence-corrected chi connectivity index (χ2v) is 5.00. The number of carbonyl (C=O) groups is 1. The molecule has 0 fully saturated rings. The van der Waals surface area contributed by atoms with E-state index in [9.17, 15) is 14.9 Å². The molecule has 2 rings (SSSR count). The third kappa shape index (κ3) is 3.19. The molecular weight excluding hydrogens is 266 g/mol. The number of rotatable bonds is 4. The van der Waals surface area contributed by atoms with E-state index in [4.69, 9.17) is 0 Å². The van der Waals surface area contributed by atoms with Crippen molar-refractivity contribution in [3.8, 4) is 0 Å². The van der Waals surface area contributed by atoms with Crippen molar-refractivity contribution in [1.82, 2.24) is 9.97 Å². The van der Waals surface area contributed by atoms with E-state index in [0.29, 0.717) is 16.8 Å². The first-order chi connectivity index (χ1) is 9.08. The number of nitro groups is 1. The number of nitrogens with zero attached hydrogens (tertiary/aromatic N) is 2. The lowest BCUT2D eigenvalue weighted by atomic mass is 10.2. The van der Waals surface area contributed by atoms with Crippen molar-refractivity contribution in [2.75, 3.05) is 5.75 Å². The number of aromatic amines is 1. The molecule has 1 N–H and O–H groups in total. The van der Waals surface area contributed by atoms with Gasteiger partial charge in [-0.15, -0.1) is 0 Å². The molecule has 7 heteroatoms. The average molecular weight is 277 g/mol. The van der Waals surface area contributed by atoms with Crippen molar-refractivity contribution in [1.29, 1.82) is 0 Å². The SMILES string of the molecule is CC(=O)SCC=Cc1cnc2[nH]cc([N+](=O)[O-])c2c1. The first-order valence-corrected chi connectivity index (χ1v) is 6.48. The summed E-state index contributed by atoms with van der Waals surface area (Å²) in [5.41, 5.74) is 1.26. The standard InChI is InChI=1S/C12H11N3O3S/c1-8(16)19-4-2-3-9-5-10-11(15(17)18)7-14-12(10)13-6-9/h2-3,5-7H,4H2,1H3,(H,13,14). The van der Waals surface area contributed by atoms with Crippen LogP contribution in [0.25, 0.3) is 17.1 Å². The maximum Gasteiger partial charge on any atom is 0.296 e. The Balaban J connectivity index is 2.23. The Bertz CT molecular complexity index is 663. The Labute approximate surface area is 113 Å². The van der Waals surface area contributed by atoms with Gasteiger partial charge in [-0.05, 0) is 11.6 Å². The molecule has 0 saturated carbocycles. The first-order valence-electron chi connectivity index (χ1n) is 5.49. The smallest absolute Gasteiger partial charge is 0.296 e. The van der Waals surface area contributed by atoms with Gasteiger partial charge in [-0.25, -0.2) is 4.98 Å². The van der Waals surface area contributed by atoms with Crippen LogP contribution in [0.3, 0.4) is 0 Å². The zero-order chi connectivity index (χ0) is 13.8. The third-order valence-electron chi connectivity index (χ3n) is 2.42. The van der Waals surface area contributed by atoms with Crippen molar-refractivity contribution < 1.29 is 9.72 Å². The molecule has 0 aliphatic rings. The summed E-state index contributed by atoms with van der Waals surface area (Å²) in [4.78, 5) is 28.0. The number of hydrogen-bond donors (Lipinski definition) is 1. The predicted octanol–water partition coefficient (Wildman–Crippen LogP) is 2.76. The molecule has 0 spiro atoms.